The van der Waals surface area contributed by atoms with Crippen LogP contribution in [-0.4, -0.2) is 27.2 Å². The highest BCUT2D eigenvalue weighted by atomic mass is 16.2. The zero-order valence-electron chi connectivity index (χ0n) is 7.60. The van der Waals surface area contributed by atoms with Gasteiger partial charge in [0.25, 0.3) is 0 Å². The second-order valence-corrected chi connectivity index (χ2v) is 3.04. The van der Waals surface area contributed by atoms with Crippen LogP contribution in [0.4, 0.5) is 5.95 Å². The Morgan fingerprint density at radius 1 is 1.62 bits per heavy atom. The first-order valence-electron chi connectivity index (χ1n) is 4.51. The summed E-state index contributed by atoms with van der Waals surface area (Å²) in [5, 5.41) is 4.04. The summed E-state index contributed by atoms with van der Waals surface area (Å²) in [5.41, 5.74) is 0. The van der Waals surface area contributed by atoms with Crippen LogP contribution in [-0.2, 0) is 11.3 Å². The molecule has 1 aromatic heterocycles. The van der Waals surface area contributed by atoms with Crippen molar-refractivity contribution in [2.24, 2.45) is 0 Å². The van der Waals surface area contributed by atoms with E-state index in [2.05, 4.69) is 10.1 Å². The van der Waals surface area contributed by atoms with E-state index in [0.717, 1.165) is 19.5 Å². The van der Waals surface area contributed by atoms with Gasteiger partial charge in [-0.15, -0.1) is 0 Å². The molecule has 0 aromatic carbocycles. The highest BCUT2D eigenvalue weighted by molar-refractivity contribution is 5.91. The summed E-state index contributed by atoms with van der Waals surface area (Å²) < 4.78 is 1.77. The van der Waals surface area contributed by atoms with Crippen molar-refractivity contribution < 1.29 is 4.79 Å². The van der Waals surface area contributed by atoms with Crippen LogP contribution in [0.1, 0.15) is 19.8 Å². The van der Waals surface area contributed by atoms with Crippen LogP contribution in [0, 0.1) is 0 Å². The molecule has 2 rings (SSSR count). The first-order chi connectivity index (χ1) is 6.33. The number of hydrogen-bond donors (Lipinski definition) is 0. The van der Waals surface area contributed by atoms with Gasteiger partial charge in [0.05, 0.1) is 0 Å². The number of carbonyl (C=O) groups is 1. The average Bonchev–Trinajstić information content (AvgIpc) is 2.63. The number of amides is 1. The van der Waals surface area contributed by atoms with Gasteiger partial charge in [-0.25, -0.2) is 4.68 Å². The molecule has 13 heavy (non-hydrogen) atoms. The second-order valence-electron chi connectivity index (χ2n) is 3.04. The number of aryl methyl sites for hydroxylation is 1. The topological polar surface area (TPSA) is 51.0 Å². The predicted molar refractivity (Wildman–Crippen MR) is 47.3 cm³/mol. The molecule has 0 spiro atoms. The summed E-state index contributed by atoms with van der Waals surface area (Å²) in [4.78, 5) is 17.2. The van der Waals surface area contributed by atoms with Crippen molar-refractivity contribution in [2.45, 2.75) is 26.3 Å². The van der Waals surface area contributed by atoms with Gasteiger partial charge in [0, 0.05) is 19.5 Å². The summed E-state index contributed by atoms with van der Waals surface area (Å²) in [7, 11) is 0. The molecule has 0 unspecified atom stereocenters. The van der Waals surface area contributed by atoms with Crippen LogP contribution in [0.3, 0.4) is 0 Å². The maximum atomic E-state index is 11.5. The van der Waals surface area contributed by atoms with Crippen LogP contribution in [0.2, 0.25) is 0 Å². The van der Waals surface area contributed by atoms with Crippen LogP contribution in [0.25, 0.3) is 0 Å². The zero-order valence-corrected chi connectivity index (χ0v) is 7.60. The fourth-order valence-electron chi connectivity index (χ4n) is 1.53. The molecule has 5 heteroatoms. The van der Waals surface area contributed by atoms with Gasteiger partial charge >= 0.3 is 0 Å². The van der Waals surface area contributed by atoms with E-state index in [-0.39, 0.29) is 5.91 Å². The highest BCUT2D eigenvalue weighted by Gasteiger charge is 2.22. The monoisotopic (exact) mass is 180 g/mol. The van der Waals surface area contributed by atoms with Gasteiger partial charge in [-0.05, 0) is 6.42 Å². The van der Waals surface area contributed by atoms with E-state index >= 15 is 0 Å². The largest absolute Gasteiger partial charge is 0.281 e. The predicted octanol–water partition coefficient (Wildman–Crippen LogP) is 0.425. The van der Waals surface area contributed by atoms with Crippen LogP contribution >= 0.6 is 0 Å². The molecular formula is C8H12N4O. The minimum atomic E-state index is 0.119. The Bertz CT molecular complexity index is 320. The third-order valence-corrected chi connectivity index (χ3v) is 2.19. The molecule has 5 nitrogen and oxygen atoms in total. The SMILES string of the molecule is CCC(=O)N1CCCn2ncnc21. The average molecular weight is 180 g/mol. The minimum Gasteiger partial charge on any atom is -0.281 e. The number of fused-ring (bicyclic) bond motifs is 1. The summed E-state index contributed by atoms with van der Waals surface area (Å²) >= 11 is 0. The molecule has 0 saturated heterocycles. The first kappa shape index (κ1) is 8.22. The Labute approximate surface area is 76.4 Å². The molecule has 0 bridgehead atoms. The molecule has 1 aliphatic heterocycles. The normalized spacial score (nSPS) is 15.6. The van der Waals surface area contributed by atoms with Crippen LogP contribution in [0.15, 0.2) is 6.33 Å². The fourth-order valence-corrected chi connectivity index (χ4v) is 1.53. The minimum absolute atomic E-state index is 0.119. The zero-order chi connectivity index (χ0) is 9.26. The molecule has 0 atom stereocenters. The Morgan fingerprint density at radius 2 is 2.46 bits per heavy atom. The van der Waals surface area contributed by atoms with E-state index < -0.39 is 0 Å². The maximum Gasteiger partial charge on any atom is 0.230 e. The molecule has 0 saturated carbocycles. The van der Waals surface area contributed by atoms with Crippen molar-refractivity contribution in [3.63, 3.8) is 0 Å². The number of rotatable bonds is 1. The lowest BCUT2D eigenvalue weighted by molar-refractivity contribution is -0.118. The molecule has 0 radical (unpaired) electrons. The van der Waals surface area contributed by atoms with Gasteiger partial charge in [-0.1, -0.05) is 6.92 Å². The Morgan fingerprint density at radius 3 is 3.23 bits per heavy atom. The Balaban J connectivity index is 2.30. The quantitative estimate of drug-likeness (QED) is 0.629. The van der Waals surface area contributed by atoms with Gasteiger partial charge in [0.15, 0.2) is 0 Å². The standard InChI is InChI=1S/C8H12N4O/c1-2-7(13)11-4-3-5-12-8(11)9-6-10-12/h6H,2-5H2,1H3. The van der Waals surface area contributed by atoms with Crippen LogP contribution < -0.4 is 4.90 Å². The molecule has 0 fully saturated rings. The van der Waals surface area contributed by atoms with Crippen LogP contribution in [0.5, 0.6) is 0 Å². The third-order valence-electron chi connectivity index (χ3n) is 2.19. The lowest BCUT2D eigenvalue weighted by Crippen LogP contribution is -2.37. The third kappa shape index (κ3) is 1.30. The van der Waals surface area contributed by atoms with Crippen molar-refractivity contribution in [1.29, 1.82) is 0 Å². The fraction of sp³-hybridized carbons (Fsp3) is 0.625. The van der Waals surface area contributed by atoms with E-state index in [1.54, 1.807) is 9.58 Å². The molecule has 0 N–H and O–H groups in total. The second kappa shape index (κ2) is 3.16. The number of hydrogen-bond acceptors (Lipinski definition) is 3. The van der Waals surface area contributed by atoms with E-state index in [0.29, 0.717) is 12.4 Å². The Hall–Kier alpha value is -1.39. The lowest BCUT2D eigenvalue weighted by Gasteiger charge is -2.25. The Kier molecular flexibility index (Phi) is 2.00. The van der Waals surface area contributed by atoms with E-state index in [4.69, 9.17) is 0 Å². The molecule has 70 valence electrons. The molecule has 2 heterocycles. The highest BCUT2D eigenvalue weighted by Crippen LogP contribution is 2.16. The summed E-state index contributed by atoms with van der Waals surface area (Å²) in [6, 6.07) is 0. The molecule has 1 aromatic rings. The van der Waals surface area contributed by atoms with Crippen molar-refractivity contribution in [3.05, 3.63) is 6.33 Å². The maximum absolute atomic E-state index is 11.5. The van der Waals surface area contributed by atoms with Gasteiger partial charge in [-0.2, -0.15) is 10.1 Å². The van der Waals surface area contributed by atoms with Crippen molar-refractivity contribution in [3.8, 4) is 0 Å². The summed E-state index contributed by atoms with van der Waals surface area (Å²) in [5.74, 6) is 0.812. The van der Waals surface area contributed by atoms with E-state index in [9.17, 15) is 4.79 Å². The number of aromatic nitrogens is 3. The summed E-state index contributed by atoms with van der Waals surface area (Å²) in [6.07, 6.45) is 2.98. The number of anilines is 1. The van der Waals surface area contributed by atoms with Gasteiger partial charge in [-0.3, -0.25) is 9.69 Å². The number of carbonyl (C=O) groups excluding carboxylic acids is 1. The summed E-state index contributed by atoms with van der Waals surface area (Å²) in [6.45, 7) is 3.49. The van der Waals surface area contributed by atoms with Gasteiger partial charge < -0.3 is 0 Å². The van der Waals surface area contributed by atoms with Crippen molar-refractivity contribution in [2.75, 3.05) is 11.4 Å². The van der Waals surface area contributed by atoms with Gasteiger partial charge in [0.2, 0.25) is 11.9 Å². The molecule has 1 amide bonds. The van der Waals surface area contributed by atoms with E-state index in [1.165, 1.54) is 6.33 Å². The van der Waals surface area contributed by atoms with Crippen molar-refractivity contribution >= 4 is 11.9 Å². The van der Waals surface area contributed by atoms with E-state index in [1.807, 2.05) is 6.92 Å². The molecular weight excluding hydrogens is 168 g/mol. The first-order valence-corrected chi connectivity index (χ1v) is 4.51. The molecule has 1 aliphatic rings. The molecule has 0 aliphatic carbocycles. The number of nitrogens with zero attached hydrogens (tertiary/aromatic N) is 4. The lowest BCUT2D eigenvalue weighted by atomic mass is 10.3. The van der Waals surface area contributed by atoms with Gasteiger partial charge in [0.1, 0.15) is 6.33 Å². The van der Waals surface area contributed by atoms with Crippen molar-refractivity contribution in [1.82, 2.24) is 14.8 Å². The smallest absolute Gasteiger partial charge is 0.230 e.